The average molecular weight is 248 g/mol. The highest BCUT2D eigenvalue weighted by Crippen LogP contribution is 2.17. The van der Waals surface area contributed by atoms with Gasteiger partial charge in [0.2, 0.25) is 11.8 Å². The summed E-state index contributed by atoms with van der Waals surface area (Å²) in [6.45, 7) is 7.53. The molecule has 0 aliphatic carbocycles. The predicted molar refractivity (Wildman–Crippen MR) is 72.4 cm³/mol. The van der Waals surface area contributed by atoms with Gasteiger partial charge in [0, 0.05) is 11.6 Å². The summed E-state index contributed by atoms with van der Waals surface area (Å²) >= 11 is 0. The summed E-state index contributed by atoms with van der Waals surface area (Å²) in [6.07, 6.45) is 0. The molecule has 1 aromatic carbocycles. The molecule has 98 valence electrons. The van der Waals surface area contributed by atoms with Crippen LogP contribution < -0.4 is 10.6 Å². The highest BCUT2D eigenvalue weighted by Gasteiger charge is 2.10. The van der Waals surface area contributed by atoms with Gasteiger partial charge in [-0.1, -0.05) is 26.0 Å². The standard InChI is InChI=1S/C14H20N2O2/c1-9(2)14(18)15-8-13(17)16-12-7-5-6-10(3)11(12)4/h5-7,9H,8H2,1-4H3,(H,15,18)(H,16,17). The molecule has 0 spiro atoms. The van der Waals surface area contributed by atoms with E-state index >= 15 is 0 Å². The van der Waals surface area contributed by atoms with Crippen molar-refractivity contribution < 1.29 is 9.59 Å². The third kappa shape index (κ3) is 3.87. The van der Waals surface area contributed by atoms with Gasteiger partial charge in [0.15, 0.2) is 0 Å². The van der Waals surface area contributed by atoms with Crippen molar-refractivity contribution in [2.45, 2.75) is 27.7 Å². The third-order valence-corrected chi connectivity index (χ3v) is 2.83. The van der Waals surface area contributed by atoms with Crippen molar-refractivity contribution in [1.82, 2.24) is 5.32 Å². The molecule has 0 atom stereocenters. The molecule has 0 bridgehead atoms. The Morgan fingerprint density at radius 1 is 1.22 bits per heavy atom. The molecule has 0 heterocycles. The minimum Gasteiger partial charge on any atom is -0.347 e. The Balaban J connectivity index is 2.55. The first-order valence-electron chi connectivity index (χ1n) is 6.05. The summed E-state index contributed by atoms with van der Waals surface area (Å²) in [5.74, 6) is -0.442. The maximum absolute atomic E-state index is 11.7. The molecule has 4 nitrogen and oxygen atoms in total. The Bertz CT molecular complexity index is 453. The van der Waals surface area contributed by atoms with Gasteiger partial charge in [-0.15, -0.1) is 0 Å². The number of carbonyl (C=O) groups is 2. The molecule has 4 heteroatoms. The number of anilines is 1. The second kappa shape index (κ2) is 6.19. The fourth-order valence-corrected chi connectivity index (χ4v) is 1.45. The van der Waals surface area contributed by atoms with Gasteiger partial charge in [0.25, 0.3) is 0 Å². The number of amides is 2. The molecule has 0 aromatic heterocycles. The maximum atomic E-state index is 11.7. The Hall–Kier alpha value is -1.84. The maximum Gasteiger partial charge on any atom is 0.243 e. The van der Waals surface area contributed by atoms with E-state index in [-0.39, 0.29) is 24.3 Å². The molecular formula is C14H20N2O2. The van der Waals surface area contributed by atoms with E-state index in [0.717, 1.165) is 16.8 Å². The summed E-state index contributed by atoms with van der Waals surface area (Å²) in [6, 6.07) is 5.74. The van der Waals surface area contributed by atoms with Gasteiger partial charge in [-0.05, 0) is 31.0 Å². The lowest BCUT2D eigenvalue weighted by molar-refractivity contribution is -0.126. The molecule has 18 heavy (non-hydrogen) atoms. The number of hydrogen-bond donors (Lipinski definition) is 2. The van der Waals surface area contributed by atoms with Crippen molar-refractivity contribution in [2.75, 3.05) is 11.9 Å². The lowest BCUT2D eigenvalue weighted by Gasteiger charge is -2.11. The van der Waals surface area contributed by atoms with Crippen LogP contribution in [0.15, 0.2) is 18.2 Å². The molecule has 0 saturated carbocycles. The molecule has 0 aliphatic heterocycles. The summed E-state index contributed by atoms with van der Waals surface area (Å²) in [5.41, 5.74) is 2.96. The van der Waals surface area contributed by atoms with E-state index in [1.807, 2.05) is 32.0 Å². The van der Waals surface area contributed by atoms with Crippen molar-refractivity contribution in [3.05, 3.63) is 29.3 Å². The second-order valence-corrected chi connectivity index (χ2v) is 4.67. The average Bonchev–Trinajstić information content (AvgIpc) is 2.32. The topological polar surface area (TPSA) is 58.2 Å². The van der Waals surface area contributed by atoms with Crippen LogP contribution in [0.5, 0.6) is 0 Å². The summed E-state index contributed by atoms with van der Waals surface area (Å²) < 4.78 is 0. The number of aryl methyl sites for hydroxylation is 1. The van der Waals surface area contributed by atoms with Crippen molar-refractivity contribution in [3.63, 3.8) is 0 Å². The molecule has 0 radical (unpaired) electrons. The lowest BCUT2D eigenvalue weighted by atomic mass is 10.1. The van der Waals surface area contributed by atoms with Gasteiger partial charge in [-0.2, -0.15) is 0 Å². The second-order valence-electron chi connectivity index (χ2n) is 4.67. The molecule has 0 aliphatic rings. The van der Waals surface area contributed by atoms with Gasteiger partial charge in [-0.25, -0.2) is 0 Å². The normalized spacial score (nSPS) is 10.3. The van der Waals surface area contributed by atoms with Gasteiger partial charge in [0.1, 0.15) is 0 Å². The van der Waals surface area contributed by atoms with E-state index in [1.165, 1.54) is 0 Å². The predicted octanol–water partition coefficient (Wildman–Crippen LogP) is 2.01. The SMILES string of the molecule is Cc1cccc(NC(=O)CNC(=O)C(C)C)c1C. The molecule has 2 N–H and O–H groups in total. The van der Waals surface area contributed by atoms with E-state index in [1.54, 1.807) is 13.8 Å². The third-order valence-electron chi connectivity index (χ3n) is 2.83. The van der Waals surface area contributed by atoms with Crippen LogP contribution in [0, 0.1) is 19.8 Å². The quantitative estimate of drug-likeness (QED) is 0.856. The van der Waals surface area contributed by atoms with Crippen molar-refractivity contribution >= 4 is 17.5 Å². The van der Waals surface area contributed by atoms with Gasteiger partial charge in [0.05, 0.1) is 6.54 Å². The number of rotatable bonds is 4. The Morgan fingerprint density at radius 2 is 1.89 bits per heavy atom. The van der Waals surface area contributed by atoms with Crippen LogP contribution in [0.4, 0.5) is 5.69 Å². The van der Waals surface area contributed by atoms with Gasteiger partial charge < -0.3 is 10.6 Å². The first-order chi connectivity index (χ1) is 8.41. The number of carbonyl (C=O) groups excluding carboxylic acids is 2. The van der Waals surface area contributed by atoms with Crippen molar-refractivity contribution in [3.8, 4) is 0 Å². The van der Waals surface area contributed by atoms with E-state index in [0.29, 0.717) is 0 Å². The fourth-order valence-electron chi connectivity index (χ4n) is 1.45. The Labute approximate surface area is 108 Å². The van der Waals surface area contributed by atoms with Crippen LogP contribution in [-0.2, 0) is 9.59 Å². The molecule has 0 unspecified atom stereocenters. The molecular weight excluding hydrogens is 228 g/mol. The first kappa shape index (κ1) is 14.2. The highest BCUT2D eigenvalue weighted by molar-refractivity contribution is 5.95. The van der Waals surface area contributed by atoms with Crippen molar-refractivity contribution in [1.29, 1.82) is 0 Å². The van der Waals surface area contributed by atoms with Gasteiger partial charge >= 0.3 is 0 Å². The van der Waals surface area contributed by atoms with E-state index in [2.05, 4.69) is 10.6 Å². The lowest BCUT2D eigenvalue weighted by Crippen LogP contribution is -2.35. The monoisotopic (exact) mass is 248 g/mol. The van der Waals surface area contributed by atoms with Gasteiger partial charge in [-0.3, -0.25) is 9.59 Å². The Morgan fingerprint density at radius 3 is 2.50 bits per heavy atom. The molecule has 1 rings (SSSR count). The van der Waals surface area contributed by atoms with Crippen LogP contribution in [0.1, 0.15) is 25.0 Å². The fraction of sp³-hybridized carbons (Fsp3) is 0.429. The largest absolute Gasteiger partial charge is 0.347 e. The molecule has 0 fully saturated rings. The van der Waals surface area contributed by atoms with E-state index in [4.69, 9.17) is 0 Å². The first-order valence-corrected chi connectivity index (χ1v) is 6.05. The van der Waals surface area contributed by atoms with Crippen LogP contribution in [0.2, 0.25) is 0 Å². The molecule has 1 aromatic rings. The summed E-state index contributed by atoms with van der Waals surface area (Å²) in [5, 5.41) is 5.38. The number of nitrogens with one attached hydrogen (secondary N) is 2. The Kier molecular flexibility index (Phi) is 4.89. The number of hydrogen-bond acceptors (Lipinski definition) is 2. The van der Waals surface area contributed by atoms with Crippen LogP contribution in [-0.4, -0.2) is 18.4 Å². The zero-order valence-electron chi connectivity index (χ0n) is 11.3. The van der Waals surface area contributed by atoms with Crippen LogP contribution >= 0.6 is 0 Å². The zero-order valence-corrected chi connectivity index (χ0v) is 11.3. The minimum atomic E-state index is -0.210. The van der Waals surface area contributed by atoms with Crippen LogP contribution in [0.25, 0.3) is 0 Å². The molecule has 2 amide bonds. The van der Waals surface area contributed by atoms with E-state index in [9.17, 15) is 9.59 Å². The number of benzene rings is 1. The van der Waals surface area contributed by atoms with Crippen LogP contribution in [0.3, 0.4) is 0 Å². The molecule has 0 saturated heterocycles. The smallest absolute Gasteiger partial charge is 0.243 e. The highest BCUT2D eigenvalue weighted by atomic mass is 16.2. The summed E-state index contributed by atoms with van der Waals surface area (Å²) in [7, 11) is 0. The summed E-state index contributed by atoms with van der Waals surface area (Å²) in [4.78, 5) is 23.0. The van der Waals surface area contributed by atoms with Crippen molar-refractivity contribution in [2.24, 2.45) is 5.92 Å². The zero-order chi connectivity index (χ0) is 13.7. The minimum absolute atomic E-state index is 0.00436. The van der Waals surface area contributed by atoms with E-state index < -0.39 is 0 Å².